The summed E-state index contributed by atoms with van der Waals surface area (Å²) in [6.45, 7) is 4.83. The van der Waals surface area contributed by atoms with E-state index >= 15 is 0 Å². The van der Waals surface area contributed by atoms with Crippen LogP contribution in [0.25, 0.3) is 0 Å². The van der Waals surface area contributed by atoms with Gasteiger partial charge in [0, 0.05) is 0 Å². The molecule has 0 nitrogen and oxygen atoms in total. The normalized spacial score (nSPS) is 53.4. The average molecular weight is 138 g/mol. The van der Waals surface area contributed by atoms with E-state index in [0.717, 1.165) is 17.3 Å². The Bertz CT molecular complexity index is 129. The molecule has 2 rings (SSSR count). The van der Waals surface area contributed by atoms with Crippen LogP contribution in [0.5, 0.6) is 0 Å². The molecule has 0 aromatic carbocycles. The highest BCUT2D eigenvalue weighted by atomic mass is 14.6. The quantitative estimate of drug-likeness (QED) is 0.482. The van der Waals surface area contributed by atoms with Crippen LogP contribution in [0.2, 0.25) is 0 Å². The predicted octanol–water partition coefficient (Wildman–Crippen LogP) is 3.22. The Morgan fingerprint density at radius 3 is 2.00 bits per heavy atom. The molecular weight excluding hydrogens is 120 g/mol. The monoisotopic (exact) mass is 138 g/mol. The van der Waals surface area contributed by atoms with Gasteiger partial charge in [-0.1, -0.05) is 26.7 Å². The molecule has 58 valence electrons. The molecular formula is C10H18. The van der Waals surface area contributed by atoms with Crippen LogP contribution in [-0.4, -0.2) is 0 Å². The molecule has 1 spiro atoms. The summed E-state index contributed by atoms with van der Waals surface area (Å²) < 4.78 is 0. The van der Waals surface area contributed by atoms with Gasteiger partial charge in [0.25, 0.3) is 0 Å². The SMILES string of the molecule is CC1CCC2(CC1)CC2C. The Kier molecular flexibility index (Phi) is 1.33. The largest absolute Gasteiger partial charge is 0.0625 e. The minimum atomic E-state index is 0.868. The highest BCUT2D eigenvalue weighted by Gasteiger charge is 2.51. The highest BCUT2D eigenvalue weighted by Crippen LogP contribution is 2.61. The number of hydrogen-bond acceptors (Lipinski definition) is 0. The lowest BCUT2D eigenvalue weighted by Gasteiger charge is -2.26. The first kappa shape index (κ1) is 6.69. The number of rotatable bonds is 0. The van der Waals surface area contributed by atoms with Gasteiger partial charge in [0.05, 0.1) is 0 Å². The van der Waals surface area contributed by atoms with Crippen molar-refractivity contribution in [1.29, 1.82) is 0 Å². The van der Waals surface area contributed by atoms with Crippen LogP contribution in [0.3, 0.4) is 0 Å². The standard InChI is InChI=1S/C10H18/c1-8-3-5-10(6-4-8)7-9(10)2/h8-9H,3-7H2,1-2H3. The summed E-state index contributed by atoms with van der Waals surface area (Å²) in [5.41, 5.74) is 0.868. The molecule has 2 aliphatic carbocycles. The van der Waals surface area contributed by atoms with Gasteiger partial charge in [0.1, 0.15) is 0 Å². The first-order valence-electron chi connectivity index (χ1n) is 4.73. The van der Waals surface area contributed by atoms with Crippen molar-refractivity contribution in [3.8, 4) is 0 Å². The zero-order valence-electron chi connectivity index (χ0n) is 7.19. The Morgan fingerprint density at radius 2 is 1.60 bits per heavy atom. The van der Waals surface area contributed by atoms with E-state index in [0.29, 0.717) is 0 Å². The lowest BCUT2D eigenvalue weighted by Crippen LogP contribution is -2.14. The molecule has 1 unspecified atom stereocenters. The van der Waals surface area contributed by atoms with Crippen molar-refractivity contribution in [1.82, 2.24) is 0 Å². The van der Waals surface area contributed by atoms with Crippen LogP contribution in [0.4, 0.5) is 0 Å². The fourth-order valence-corrected chi connectivity index (χ4v) is 2.58. The van der Waals surface area contributed by atoms with Crippen molar-refractivity contribution in [2.75, 3.05) is 0 Å². The Morgan fingerprint density at radius 1 is 1.10 bits per heavy atom. The van der Waals surface area contributed by atoms with Crippen molar-refractivity contribution in [2.45, 2.75) is 46.0 Å². The molecule has 0 bridgehead atoms. The molecule has 2 saturated carbocycles. The fourth-order valence-electron chi connectivity index (χ4n) is 2.58. The van der Waals surface area contributed by atoms with E-state index in [1.165, 1.54) is 25.7 Å². The molecule has 0 aliphatic heterocycles. The van der Waals surface area contributed by atoms with Gasteiger partial charge >= 0.3 is 0 Å². The van der Waals surface area contributed by atoms with Crippen LogP contribution < -0.4 is 0 Å². The molecule has 0 heterocycles. The maximum atomic E-state index is 2.43. The molecule has 0 heteroatoms. The molecule has 0 aromatic heterocycles. The topological polar surface area (TPSA) is 0 Å². The molecule has 0 N–H and O–H groups in total. The van der Waals surface area contributed by atoms with Crippen molar-refractivity contribution >= 4 is 0 Å². The molecule has 10 heavy (non-hydrogen) atoms. The second-order valence-electron chi connectivity index (χ2n) is 4.65. The first-order valence-corrected chi connectivity index (χ1v) is 4.73. The third kappa shape index (κ3) is 0.889. The van der Waals surface area contributed by atoms with Gasteiger partial charge < -0.3 is 0 Å². The zero-order valence-corrected chi connectivity index (χ0v) is 7.19. The summed E-state index contributed by atoms with van der Waals surface area (Å²) in [5, 5.41) is 0. The summed E-state index contributed by atoms with van der Waals surface area (Å²) in [4.78, 5) is 0. The minimum absolute atomic E-state index is 0.868. The maximum absolute atomic E-state index is 2.43. The summed E-state index contributed by atoms with van der Waals surface area (Å²) in [6, 6.07) is 0. The van der Waals surface area contributed by atoms with Gasteiger partial charge in [0.15, 0.2) is 0 Å². The van der Waals surface area contributed by atoms with Gasteiger partial charge in [-0.2, -0.15) is 0 Å². The van der Waals surface area contributed by atoms with E-state index in [9.17, 15) is 0 Å². The van der Waals surface area contributed by atoms with E-state index < -0.39 is 0 Å². The smallest absolute Gasteiger partial charge is 0.0269 e. The second-order valence-corrected chi connectivity index (χ2v) is 4.65. The van der Waals surface area contributed by atoms with Crippen LogP contribution in [-0.2, 0) is 0 Å². The average Bonchev–Trinajstić information content (AvgIpc) is 2.53. The van der Waals surface area contributed by atoms with Crippen LogP contribution in [0, 0.1) is 17.3 Å². The molecule has 0 amide bonds. The van der Waals surface area contributed by atoms with Gasteiger partial charge in [-0.15, -0.1) is 0 Å². The van der Waals surface area contributed by atoms with Crippen LogP contribution in [0.1, 0.15) is 46.0 Å². The maximum Gasteiger partial charge on any atom is -0.0269 e. The molecule has 1 atom stereocenters. The summed E-state index contributed by atoms with van der Waals surface area (Å²) in [5.74, 6) is 2.10. The number of hydrogen-bond donors (Lipinski definition) is 0. The Labute approximate surface area is 64.0 Å². The molecule has 2 fully saturated rings. The first-order chi connectivity index (χ1) is 4.73. The summed E-state index contributed by atoms with van der Waals surface area (Å²) in [7, 11) is 0. The second kappa shape index (κ2) is 1.99. The van der Waals surface area contributed by atoms with Crippen LogP contribution >= 0.6 is 0 Å². The molecule has 0 saturated heterocycles. The van der Waals surface area contributed by atoms with E-state index in [4.69, 9.17) is 0 Å². The van der Waals surface area contributed by atoms with Crippen molar-refractivity contribution in [3.05, 3.63) is 0 Å². The third-order valence-corrected chi connectivity index (χ3v) is 3.87. The van der Waals surface area contributed by atoms with Gasteiger partial charge in [-0.25, -0.2) is 0 Å². The van der Waals surface area contributed by atoms with Crippen molar-refractivity contribution in [2.24, 2.45) is 17.3 Å². The molecule has 0 aromatic rings. The zero-order chi connectivity index (χ0) is 7.19. The van der Waals surface area contributed by atoms with E-state index in [2.05, 4.69) is 13.8 Å². The van der Waals surface area contributed by atoms with Gasteiger partial charge in [-0.3, -0.25) is 0 Å². The predicted molar refractivity (Wildman–Crippen MR) is 43.8 cm³/mol. The van der Waals surface area contributed by atoms with E-state index in [1.54, 1.807) is 6.42 Å². The highest BCUT2D eigenvalue weighted by molar-refractivity contribution is 5.01. The summed E-state index contributed by atoms with van der Waals surface area (Å²) >= 11 is 0. The molecule has 0 radical (unpaired) electrons. The van der Waals surface area contributed by atoms with Gasteiger partial charge in [0.2, 0.25) is 0 Å². The van der Waals surface area contributed by atoms with E-state index in [-0.39, 0.29) is 0 Å². The fraction of sp³-hybridized carbons (Fsp3) is 1.00. The van der Waals surface area contributed by atoms with Crippen molar-refractivity contribution in [3.63, 3.8) is 0 Å². The Balaban J connectivity index is 1.93. The van der Waals surface area contributed by atoms with Gasteiger partial charge in [-0.05, 0) is 36.5 Å². The van der Waals surface area contributed by atoms with Crippen molar-refractivity contribution < 1.29 is 0 Å². The third-order valence-electron chi connectivity index (χ3n) is 3.87. The minimum Gasteiger partial charge on any atom is -0.0625 e. The Hall–Kier alpha value is 0. The molecule has 2 aliphatic rings. The van der Waals surface area contributed by atoms with E-state index in [1.807, 2.05) is 0 Å². The van der Waals surface area contributed by atoms with Crippen LogP contribution in [0.15, 0.2) is 0 Å². The summed E-state index contributed by atoms with van der Waals surface area (Å²) in [6.07, 6.45) is 7.62. The lowest BCUT2D eigenvalue weighted by atomic mass is 9.79. The lowest BCUT2D eigenvalue weighted by molar-refractivity contribution is 0.255.